The minimum absolute atomic E-state index is 0.0516. The molecule has 8 nitrogen and oxygen atoms in total. The van der Waals surface area contributed by atoms with Crippen molar-refractivity contribution in [1.29, 1.82) is 0 Å². The van der Waals surface area contributed by atoms with E-state index in [-0.39, 0.29) is 6.61 Å². The Kier molecular flexibility index (Phi) is 21.5. The van der Waals surface area contributed by atoms with E-state index in [0.717, 1.165) is 32.1 Å². The van der Waals surface area contributed by atoms with Crippen LogP contribution in [0.5, 0.6) is 0 Å². The Morgan fingerprint density at radius 3 is 1.67 bits per heavy atom. The van der Waals surface area contributed by atoms with Gasteiger partial charge in [-0.15, -0.1) is 0 Å². The van der Waals surface area contributed by atoms with Gasteiger partial charge in [-0.2, -0.15) is 0 Å². The topological polar surface area (TPSA) is 126 Å². The molecule has 0 rings (SSSR count). The van der Waals surface area contributed by atoms with Crippen LogP contribution in [0.4, 0.5) is 0 Å². The highest BCUT2D eigenvalue weighted by Gasteiger charge is 2.24. The quantitative estimate of drug-likeness (QED) is 0.109. The molecule has 33 heavy (non-hydrogen) atoms. The molecular formula is C24H41O8P. The molecule has 0 heterocycles. The molecule has 0 aliphatic heterocycles. The van der Waals surface area contributed by atoms with Crippen molar-refractivity contribution in [3.05, 3.63) is 60.8 Å². The molecule has 0 aliphatic rings. The third-order valence-corrected chi connectivity index (χ3v) is 4.92. The number of rotatable bonds is 21. The van der Waals surface area contributed by atoms with Crippen LogP contribution in [0, 0.1) is 0 Å². The summed E-state index contributed by atoms with van der Waals surface area (Å²) in [5, 5.41) is 27.4. The van der Waals surface area contributed by atoms with E-state index < -0.39 is 39.9 Å². The Balaban J connectivity index is 3.67. The lowest BCUT2D eigenvalue weighted by atomic mass is 10.2. The molecule has 0 aromatic rings. The second-order valence-electron chi connectivity index (χ2n) is 7.12. The van der Waals surface area contributed by atoms with Crippen molar-refractivity contribution in [2.75, 3.05) is 33.0 Å². The summed E-state index contributed by atoms with van der Waals surface area (Å²) in [5.41, 5.74) is 0. The van der Waals surface area contributed by atoms with E-state index in [4.69, 9.17) is 14.9 Å². The maximum Gasteiger partial charge on any atom is 0.472 e. The van der Waals surface area contributed by atoms with Gasteiger partial charge in [0.25, 0.3) is 0 Å². The zero-order valence-electron chi connectivity index (χ0n) is 19.6. The first kappa shape index (κ1) is 31.6. The van der Waals surface area contributed by atoms with Gasteiger partial charge in [-0.05, 0) is 38.5 Å². The van der Waals surface area contributed by atoms with Crippen molar-refractivity contribution in [3.63, 3.8) is 0 Å². The van der Waals surface area contributed by atoms with Gasteiger partial charge in [-0.25, -0.2) is 4.57 Å². The molecule has 0 saturated heterocycles. The van der Waals surface area contributed by atoms with Crippen molar-refractivity contribution in [3.8, 4) is 0 Å². The van der Waals surface area contributed by atoms with Crippen molar-refractivity contribution in [2.24, 2.45) is 0 Å². The molecule has 190 valence electrons. The lowest BCUT2D eigenvalue weighted by Crippen LogP contribution is -2.23. The van der Waals surface area contributed by atoms with Crippen LogP contribution < -0.4 is 0 Å². The van der Waals surface area contributed by atoms with Gasteiger partial charge in [0.15, 0.2) is 0 Å². The monoisotopic (exact) mass is 488 g/mol. The maximum absolute atomic E-state index is 11.5. The van der Waals surface area contributed by atoms with Crippen LogP contribution >= 0.6 is 7.82 Å². The molecular weight excluding hydrogens is 447 g/mol. The molecule has 0 bridgehead atoms. The highest BCUT2D eigenvalue weighted by molar-refractivity contribution is 7.47. The highest BCUT2D eigenvalue weighted by atomic mass is 31.2. The number of hydrogen-bond acceptors (Lipinski definition) is 7. The molecule has 0 spiro atoms. The normalized spacial score (nSPS) is 16.6. The summed E-state index contributed by atoms with van der Waals surface area (Å²) >= 11 is 0. The van der Waals surface area contributed by atoms with Gasteiger partial charge in [0, 0.05) is 0 Å². The van der Waals surface area contributed by atoms with E-state index in [1.807, 2.05) is 12.2 Å². The van der Waals surface area contributed by atoms with Crippen LogP contribution in [0.25, 0.3) is 0 Å². The molecule has 4 N–H and O–H groups in total. The minimum atomic E-state index is -4.41. The van der Waals surface area contributed by atoms with Crippen LogP contribution in [0.15, 0.2) is 60.8 Å². The molecule has 0 saturated carbocycles. The average molecular weight is 489 g/mol. The molecule has 0 radical (unpaired) electrons. The van der Waals surface area contributed by atoms with E-state index in [1.165, 1.54) is 0 Å². The van der Waals surface area contributed by atoms with Crippen LogP contribution in [-0.4, -0.2) is 65.5 Å². The molecule has 0 aliphatic carbocycles. The first-order chi connectivity index (χ1) is 15.9. The van der Waals surface area contributed by atoms with E-state index >= 15 is 0 Å². The SMILES string of the molecule is CC/C=C\C/C=C\C/C=C\C/C=C\C/C=C\CCOCC(O)COP(=O)(O)OCC(O)CO. The maximum atomic E-state index is 11.5. The molecule has 0 amide bonds. The van der Waals surface area contributed by atoms with Crippen LogP contribution in [-0.2, 0) is 18.3 Å². The van der Waals surface area contributed by atoms with Gasteiger partial charge in [0.05, 0.1) is 33.0 Å². The minimum Gasteiger partial charge on any atom is -0.394 e. The zero-order valence-corrected chi connectivity index (χ0v) is 20.5. The Labute approximate surface area is 198 Å². The Hall–Kier alpha value is -1.35. The number of aliphatic hydroxyl groups is 3. The lowest BCUT2D eigenvalue weighted by molar-refractivity contribution is -0.00275. The fraction of sp³-hybridized carbons (Fsp3) is 0.583. The summed E-state index contributed by atoms with van der Waals surface area (Å²) in [6, 6.07) is 0. The third-order valence-electron chi connectivity index (χ3n) is 3.97. The zero-order chi connectivity index (χ0) is 24.6. The number of ether oxygens (including phenoxy) is 1. The van der Waals surface area contributed by atoms with Gasteiger partial charge < -0.3 is 24.9 Å². The van der Waals surface area contributed by atoms with Gasteiger partial charge in [0.1, 0.15) is 12.2 Å². The van der Waals surface area contributed by atoms with Gasteiger partial charge in [-0.3, -0.25) is 9.05 Å². The largest absolute Gasteiger partial charge is 0.472 e. The molecule has 0 fully saturated rings. The first-order valence-electron chi connectivity index (χ1n) is 11.3. The Morgan fingerprint density at radius 2 is 1.18 bits per heavy atom. The number of allylic oxidation sites excluding steroid dienone is 9. The third kappa shape index (κ3) is 23.6. The first-order valence-corrected chi connectivity index (χ1v) is 12.8. The van der Waals surface area contributed by atoms with Crippen LogP contribution in [0.2, 0.25) is 0 Å². The second-order valence-corrected chi connectivity index (χ2v) is 8.58. The smallest absolute Gasteiger partial charge is 0.394 e. The fourth-order valence-electron chi connectivity index (χ4n) is 2.24. The van der Waals surface area contributed by atoms with E-state index in [1.54, 1.807) is 0 Å². The Bertz CT molecular complexity index is 642. The number of phosphoric acid groups is 1. The van der Waals surface area contributed by atoms with Crippen molar-refractivity contribution in [1.82, 2.24) is 0 Å². The molecule has 3 unspecified atom stereocenters. The van der Waals surface area contributed by atoms with E-state index in [2.05, 4.69) is 64.6 Å². The molecule has 3 atom stereocenters. The molecule has 0 aromatic heterocycles. The summed E-state index contributed by atoms with van der Waals surface area (Å²) < 4.78 is 25.9. The van der Waals surface area contributed by atoms with Crippen LogP contribution in [0.3, 0.4) is 0 Å². The van der Waals surface area contributed by atoms with Crippen molar-refractivity contribution >= 4 is 7.82 Å². The summed E-state index contributed by atoms with van der Waals surface area (Å²) in [4.78, 5) is 9.38. The van der Waals surface area contributed by atoms with Gasteiger partial charge in [0.2, 0.25) is 0 Å². The van der Waals surface area contributed by atoms with Gasteiger partial charge in [-0.1, -0.05) is 67.7 Å². The summed E-state index contributed by atoms with van der Waals surface area (Å²) in [5.74, 6) is 0. The van der Waals surface area contributed by atoms with Gasteiger partial charge >= 0.3 is 7.82 Å². The molecule has 9 heteroatoms. The number of aliphatic hydroxyl groups excluding tert-OH is 3. The standard InChI is InChI=1S/C24H41O8P/c1-2-3-4-5-6-7-8-9-10-11-12-13-14-15-16-17-18-30-20-24(27)22-32-33(28,29)31-21-23(26)19-25/h3-4,6-7,9-10,12-13,15-16,23-27H,2,5,8,11,14,17-22H2,1H3,(H,28,29)/b4-3-,7-6-,10-9-,13-12-,16-15-. The summed E-state index contributed by atoms with van der Waals surface area (Å²) in [6.45, 7) is 0.870. The summed E-state index contributed by atoms with van der Waals surface area (Å²) in [6.07, 6.45) is 24.3. The van der Waals surface area contributed by atoms with Crippen molar-refractivity contribution < 1.29 is 38.6 Å². The molecule has 0 aromatic carbocycles. The average Bonchev–Trinajstić information content (AvgIpc) is 2.80. The number of hydrogen-bond donors (Lipinski definition) is 4. The number of phosphoric ester groups is 1. The van der Waals surface area contributed by atoms with E-state index in [0.29, 0.717) is 13.0 Å². The van der Waals surface area contributed by atoms with Crippen LogP contribution in [0.1, 0.15) is 45.4 Å². The van der Waals surface area contributed by atoms with Crippen molar-refractivity contribution in [2.45, 2.75) is 57.7 Å². The fourth-order valence-corrected chi connectivity index (χ4v) is 3.03. The lowest BCUT2D eigenvalue weighted by Gasteiger charge is -2.16. The predicted molar refractivity (Wildman–Crippen MR) is 131 cm³/mol. The predicted octanol–water partition coefficient (Wildman–Crippen LogP) is 3.99. The highest BCUT2D eigenvalue weighted by Crippen LogP contribution is 2.43. The second kappa shape index (κ2) is 22.4. The summed E-state index contributed by atoms with van der Waals surface area (Å²) in [7, 11) is -4.41. The van der Waals surface area contributed by atoms with E-state index in [9.17, 15) is 14.6 Å². The Morgan fingerprint density at radius 1 is 0.727 bits per heavy atom.